The van der Waals surface area contributed by atoms with E-state index < -0.39 is 0 Å². The normalized spacial score (nSPS) is 12.1. The number of hydrogen-bond donors (Lipinski definition) is 0. The summed E-state index contributed by atoms with van der Waals surface area (Å²) in [6, 6.07) is 59.3. The number of aromatic nitrogens is 2. The maximum Gasteiger partial charge on any atom is 0.0819 e. The molecule has 8 aromatic rings. The highest BCUT2D eigenvalue weighted by molar-refractivity contribution is 6.23. The molecule has 2 aromatic heterocycles. The van der Waals surface area contributed by atoms with Gasteiger partial charge in [0.25, 0.3) is 0 Å². The molecule has 9 rings (SSSR count). The third-order valence-corrected chi connectivity index (χ3v) is 9.41. The summed E-state index contributed by atoms with van der Waals surface area (Å²) >= 11 is 0. The van der Waals surface area contributed by atoms with Crippen LogP contribution in [0.4, 0.5) is 11.4 Å². The predicted octanol–water partition coefficient (Wildman–Crippen LogP) is 11.8. The first kappa shape index (κ1) is 31.0. The average molecular weight is 665 g/mol. The lowest BCUT2D eigenvalue weighted by atomic mass is 9.91. The highest BCUT2D eigenvalue weighted by Crippen LogP contribution is 2.37. The SMILES string of the molecule is c1ccc(-c2cc(C3=Nc4ccncc4C(c4cc(-c5ccccc5)cc(-c5ccccc5)c4)=Nc4ccncc43)cc(-c3ccccc3)c2)cc1. The molecule has 0 radical (unpaired) electrons. The van der Waals surface area contributed by atoms with Crippen LogP contribution in [0.5, 0.6) is 0 Å². The van der Waals surface area contributed by atoms with Crippen LogP contribution < -0.4 is 0 Å². The van der Waals surface area contributed by atoms with Crippen LogP contribution >= 0.6 is 0 Å². The molecule has 0 saturated carbocycles. The second-order valence-corrected chi connectivity index (χ2v) is 12.8. The number of aliphatic imine (C=N–C) groups is 2. The van der Waals surface area contributed by atoms with Crippen LogP contribution in [-0.2, 0) is 0 Å². The van der Waals surface area contributed by atoms with Crippen molar-refractivity contribution in [2.45, 2.75) is 0 Å². The number of nitrogens with zero attached hydrogens (tertiary/aromatic N) is 4. The lowest BCUT2D eigenvalue weighted by Crippen LogP contribution is -2.11. The smallest absolute Gasteiger partial charge is 0.0819 e. The van der Waals surface area contributed by atoms with Crippen LogP contribution in [0.2, 0.25) is 0 Å². The van der Waals surface area contributed by atoms with E-state index in [0.29, 0.717) is 0 Å². The van der Waals surface area contributed by atoms with Gasteiger partial charge in [0.15, 0.2) is 0 Å². The zero-order chi connectivity index (χ0) is 34.7. The number of pyridine rings is 2. The predicted molar refractivity (Wildman–Crippen MR) is 214 cm³/mol. The van der Waals surface area contributed by atoms with Crippen LogP contribution in [0.25, 0.3) is 44.5 Å². The molecule has 0 spiro atoms. The third kappa shape index (κ3) is 6.14. The Kier molecular flexibility index (Phi) is 8.16. The van der Waals surface area contributed by atoms with Crippen molar-refractivity contribution in [3.63, 3.8) is 0 Å². The Labute approximate surface area is 303 Å². The van der Waals surface area contributed by atoms with E-state index in [1.807, 2.05) is 48.8 Å². The highest BCUT2D eigenvalue weighted by Gasteiger charge is 2.22. The molecule has 0 aliphatic carbocycles. The Hall–Kier alpha value is -7.04. The fourth-order valence-electron chi connectivity index (χ4n) is 6.85. The van der Waals surface area contributed by atoms with Crippen molar-refractivity contribution in [2.75, 3.05) is 0 Å². The molecule has 4 heteroatoms. The number of fused-ring (bicyclic) bond motifs is 2. The first-order valence-electron chi connectivity index (χ1n) is 17.4. The van der Waals surface area contributed by atoms with E-state index in [1.54, 1.807) is 12.4 Å². The van der Waals surface area contributed by atoms with Gasteiger partial charge in [0.2, 0.25) is 0 Å². The van der Waals surface area contributed by atoms with E-state index >= 15 is 0 Å². The van der Waals surface area contributed by atoms with Crippen molar-refractivity contribution in [1.29, 1.82) is 0 Å². The average Bonchev–Trinajstić information content (AvgIpc) is 3.22. The summed E-state index contributed by atoms with van der Waals surface area (Å²) in [5.41, 5.74) is 15.8. The Morgan fingerprint density at radius 3 is 0.865 bits per heavy atom. The van der Waals surface area contributed by atoms with Crippen LogP contribution in [0, 0.1) is 0 Å². The zero-order valence-corrected chi connectivity index (χ0v) is 28.3. The molecule has 52 heavy (non-hydrogen) atoms. The molecule has 0 unspecified atom stereocenters. The molecule has 4 nitrogen and oxygen atoms in total. The fraction of sp³-hybridized carbons (Fsp3) is 0. The van der Waals surface area contributed by atoms with Crippen molar-refractivity contribution in [3.05, 3.63) is 217 Å². The number of hydrogen-bond acceptors (Lipinski definition) is 4. The molecule has 0 bridgehead atoms. The lowest BCUT2D eigenvalue weighted by Gasteiger charge is -2.19. The van der Waals surface area contributed by atoms with E-state index in [0.717, 1.165) is 89.6 Å². The summed E-state index contributed by atoms with van der Waals surface area (Å²) in [5, 5.41) is 0. The molecule has 0 fully saturated rings. The van der Waals surface area contributed by atoms with Crippen molar-refractivity contribution >= 4 is 22.8 Å². The molecular weight excluding hydrogens is 633 g/mol. The topological polar surface area (TPSA) is 50.5 Å². The van der Waals surface area contributed by atoms with Crippen molar-refractivity contribution in [1.82, 2.24) is 9.97 Å². The van der Waals surface area contributed by atoms with Gasteiger partial charge in [-0.3, -0.25) is 9.97 Å². The summed E-state index contributed by atoms with van der Waals surface area (Å²) in [7, 11) is 0. The van der Waals surface area contributed by atoms with Gasteiger partial charge in [-0.15, -0.1) is 0 Å². The molecule has 3 heterocycles. The summed E-state index contributed by atoms with van der Waals surface area (Å²) in [5.74, 6) is 0. The Morgan fingerprint density at radius 2 is 0.558 bits per heavy atom. The molecule has 1 aliphatic rings. The Morgan fingerprint density at radius 1 is 0.269 bits per heavy atom. The van der Waals surface area contributed by atoms with Crippen LogP contribution in [-0.4, -0.2) is 21.4 Å². The van der Waals surface area contributed by atoms with Gasteiger partial charge in [-0.1, -0.05) is 121 Å². The molecule has 1 aliphatic heterocycles. The standard InChI is InChI=1S/C48H32N4/c1-5-13-33(14-6-1)37-25-38(34-15-7-2-8-16-34)28-41(27-37)47-43-31-49-23-21-45(43)52-48(44-32-50-24-22-46(44)51-47)42-29-39(35-17-9-3-10-18-35)26-40(30-42)36-19-11-4-12-20-36/h1-32H. The number of benzene rings is 6. The Bertz CT molecular complexity index is 2300. The van der Waals surface area contributed by atoms with Crippen molar-refractivity contribution in [3.8, 4) is 44.5 Å². The maximum atomic E-state index is 5.47. The fourth-order valence-corrected chi connectivity index (χ4v) is 6.85. The molecule has 0 saturated heterocycles. The molecule has 0 N–H and O–H groups in total. The first-order chi connectivity index (χ1) is 25.8. The van der Waals surface area contributed by atoms with Gasteiger partial charge in [0.1, 0.15) is 0 Å². The first-order valence-corrected chi connectivity index (χ1v) is 17.4. The van der Waals surface area contributed by atoms with E-state index in [-0.39, 0.29) is 0 Å². The second-order valence-electron chi connectivity index (χ2n) is 12.8. The molecule has 244 valence electrons. The van der Waals surface area contributed by atoms with E-state index in [4.69, 9.17) is 9.98 Å². The summed E-state index contributed by atoms with van der Waals surface area (Å²) < 4.78 is 0. The van der Waals surface area contributed by atoms with Gasteiger partial charge in [-0.05, 0) is 93.0 Å². The quantitative estimate of drug-likeness (QED) is 0.178. The minimum Gasteiger partial charge on any atom is -0.264 e. The van der Waals surface area contributed by atoms with Gasteiger partial charge in [-0.25, -0.2) is 9.98 Å². The van der Waals surface area contributed by atoms with Gasteiger partial charge in [-0.2, -0.15) is 0 Å². The molecule has 6 aromatic carbocycles. The monoisotopic (exact) mass is 664 g/mol. The summed E-state index contributed by atoms with van der Waals surface area (Å²) in [6.07, 6.45) is 7.37. The van der Waals surface area contributed by atoms with Crippen LogP contribution in [0.3, 0.4) is 0 Å². The van der Waals surface area contributed by atoms with Crippen molar-refractivity contribution in [2.24, 2.45) is 9.98 Å². The third-order valence-electron chi connectivity index (χ3n) is 9.41. The minimum atomic E-state index is 0.788. The van der Waals surface area contributed by atoms with Gasteiger partial charge >= 0.3 is 0 Å². The highest BCUT2D eigenvalue weighted by atomic mass is 14.9. The second kappa shape index (κ2) is 13.7. The van der Waals surface area contributed by atoms with Crippen LogP contribution in [0.15, 0.2) is 205 Å². The van der Waals surface area contributed by atoms with Gasteiger partial charge in [0.05, 0.1) is 22.8 Å². The van der Waals surface area contributed by atoms with Crippen LogP contribution in [0.1, 0.15) is 22.3 Å². The number of rotatable bonds is 6. The molecule has 0 amide bonds. The molecule has 0 atom stereocenters. The lowest BCUT2D eigenvalue weighted by molar-refractivity contribution is 1.26. The van der Waals surface area contributed by atoms with Gasteiger partial charge in [0, 0.05) is 47.0 Å². The largest absolute Gasteiger partial charge is 0.264 e. The Balaban J connectivity index is 1.27. The molecular formula is C48H32N4. The summed E-state index contributed by atoms with van der Waals surface area (Å²) in [4.78, 5) is 20.2. The maximum absolute atomic E-state index is 5.47. The van der Waals surface area contributed by atoms with Crippen molar-refractivity contribution < 1.29 is 0 Å². The summed E-state index contributed by atoms with van der Waals surface area (Å²) in [6.45, 7) is 0. The minimum absolute atomic E-state index is 0.788. The van der Waals surface area contributed by atoms with E-state index in [2.05, 4.69) is 143 Å². The zero-order valence-electron chi connectivity index (χ0n) is 28.3. The van der Waals surface area contributed by atoms with E-state index in [9.17, 15) is 0 Å². The van der Waals surface area contributed by atoms with Gasteiger partial charge < -0.3 is 0 Å². The van der Waals surface area contributed by atoms with E-state index in [1.165, 1.54) is 0 Å².